The van der Waals surface area contributed by atoms with Crippen LogP contribution in [0.5, 0.6) is 0 Å². The highest BCUT2D eigenvalue weighted by molar-refractivity contribution is 5.94. The second-order valence-electron chi connectivity index (χ2n) is 1.85. The number of methoxy groups -OCH3 is 1. The second-order valence-corrected chi connectivity index (χ2v) is 1.85. The molecule has 1 amide bonds. The number of ether oxygens (including phenoxy) is 1. The molecule has 0 spiro atoms. The van der Waals surface area contributed by atoms with E-state index >= 15 is 0 Å². The van der Waals surface area contributed by atoms with Gasteiger partial charge >= 0.3 is 5.97 Å². The molecular formula is C7H11NO3. The van der Waals surface area contributed by atoms with Crippen LogP contribution in [0.4, 0.5) is 0 Å². The van der Waals surface area contributed by atoms with Gasteiger partial charge in [-0.3, -0.25) is 9.59 Å². The Morgan fingerprint density at radius 3 is 2.73 bits per heavy atom. The molecule has 0 saturated carbocycles. The van der Waals surface area contributed by atoms with Gasteiger partial charge in [0.05, 0.1) is 7.11 Å². The van der Waals surface area contributed by atoms with Crippen LogP contribution in [0.25, 0.3) is 0 Å². The van der Waals surface area contributed by atoms with Crippen LogP contribution < -0.4 is 5.32 Å². The maximum Gasteiger partial charge on any atom is 0.315 e. The van der Waals surface area contributed by atoms with Crippen LogP contribution in [0.3, 0.4) is 0 Å². The van der Waals surface area contributed by atoms with Gasteiger partial charge in [-0.25, -0.2) is 0 Å². The minimum Gasteiger partial charge on any atom is -0.469 e. The molecule has 11 heavy (non-hydrogen) atoms. The summed E-state index contributed by atoms with van der Waals surface area (Å²) in [6.45, 7) is 3.77. The van der Waals surface area contributed by atoms with E-state index in [4.69, 9.17) is 0 Å². The van der Waals surface area contributed by atoms with Crippen LogP contribution in [0.15, 0.2) is 12.7 Å². The topological polar surface area (TPSA) is 55.4 Å². The molecule has 0 bridgehead atoms. The van der Waals surface area contributed by atoms with E-state index in [0.29, 0.717) is 6.54 Å². The fourth-order valence-electron chi connectivity index (χ4n) is 0.452. The highest BCUT2D eigenvalue weighted by atomic mass is 16.5. The van der Waals surface area contributed by atoms with Crippen LogP contribution in [0, 0.1) is 0 Å². The molecule has 0 saturated heterocycles. The van der Waals surface area contributed by atoms with E-state index in [2.05, 4.69) is 16.6 Å². The molecule has 0 aliphatic heterocycles. The minimum atomic E-state index is -0.536. The number of nitrogens with one attached hydrogen (secondary N) is 1. The minimum absolute atomic E-state index is 0.232. The first kappa shape index (κ1) is 9.68. The molecule has 0 radical (unpaired) electrons. The summed E-state index contributed by atoms with van der Waals surface area (Å²) in [6, 6.07) is 0. The van der Waals surface area contributed by atoms with Gasteiger partial charge in [0.25, 0.3) is 0 Å². The quantitative estimate of drug-likeness (QED) is 0.351. The van der Waals surface area contributed by atoms with Crippen molar-refractivity contribution in [1.29, 1.82) is 0 Å². The lowest BCUT2D eigenvalue weighted by molar-refractivity contribution is -0.143. The van der Waals surface area contributed by atoms with E-state index in [0.717, 1.165) is 0 Å². The molecule has 0 aromatic rings. The van der Waals surface area contributed by atoms with Crippen molar-refractivity contribution in [3.05, 3.63) is 12.7 Å². The Morgan fingerprint density at radius 2 is 2.27 bits per heavy atom. The van der Waals surface area contributed by atoms with E-state index in [1.807, 2.05) is 0 Å². The third-order valence-electron chi connectivity index (χ3n) is 0.976. The molecule has 4 heteroatoms. The fraction of sp³-hybridized carbons (Fsp3) is 0.429. The number of rotatable bonds is 4. The highest BCUT2D eigenvalue weighted by Gasteiger charge is 2.06. The normalized spacial score (nSPS) is 8.45. The van der Waals surface area contributed by atoms with Crippen molar-refractivity contribution >= 4 is 11.9 Å². The Bertz CT molecular complexity index is 165. The Morgan fingerprint density at radius 1 is 1.64 bits per heavy atom. The summed E-state index contributed by atoms with van der Waals surface area (Å²) >= 11 is 0. The largest absolute Gasteiger partial charge is 0.469 e. The fourth-order valence-corrected chi connectivity index (χ4v) is 0.452. The number of esters is 1. The lowest BCUT2D eigenvalue weighted by Gasteiger charge is -1.99. The Balaban J connectivity index is 3.51. The Labute approximate surface area is 65.2 Å². The van der Waals surface area contributed by atoms with Crippen molar-refractivity contribution in [2.24, 2.45) is 0 Å². The van der Waals surface area contributed by atoms with Crippen molar-refractivity contribution in [1.82, 2.24) is 5.32 Å². The lowest BCUT2D eigenvalue weighted by atomic mass is 10.4. The van der Waals surface area contributed by atoms with Crippen molar-refractivity contribution in [2.45, 2.75) is 6.42 Å². The van der Waals surface area contributed by atoms with Crippen molar-refractivity contribution in [2.75, 3.05) is 13.7 Å². The van der Waals surface area contributed by atoms with Gasteiger partial charge in [0.2, 0.25) is 5.91 Å². The van der Waals surface area contributed by atoms with Gasteiger partial charge < -0.3 is 10.1 Å². The predicted octanol–water partition coefficient (Wildman–Crippen LogP) is -0.148. The SMILES string of the molecule is C=CCNC(=O)CC(=O)OC. The molecule has 0 rings (SSSR count). The highest BCUT2D eigenvalue weighted by Crippen LogP contribution is 1.82. The first-order valence-electron chi connectivity index (χ1n) is 3.15. The van der Waals surface area contributed by atoms with Gasteiger partial charge in [0.1, 0.15) is 6.42 Å². The van der Waals surface area contributed by atoms with Crippen LogP contribution in [0.1, 0.15) is 6.42 Å². The van der Waals surface area contributed by atoms with Crippen LogP contribution in [-0.2, 0) is 14.3 Å². The zero-order valence-electron chi connectivity index (χ0n) is 6.42. The van der Waals surface area contributed by atoms with Gasteiger partial charge in [-0.1, -0.05) is 6.08 Å². The summed E-state index contributed by atoms with van der Waals surface area (Å²) in [7, 11) is 1.24. The molecule has 0 aromatic carbocycles. The molecule has 0 fully saturated rings. The Hall–Kier alpha value is -1.32. The van der Waals surface area contributed by atoms with E-state index in [1.54, 1.807) is 0 Å². The molecule has 1 N–H and O–H groups in total. The standard InChI is InChI=1S/C7H11NO3/c1-3-4-8-6(9)5-7(10)11-2/h3H,1,4-5H2,2H3,(H,8,9). The maximum absolute atomic E-state index is 10.7. The molecular weight excluding hydrogens is 146 g/mol. The molecule has 0 atom stereocenters. The van der Waals surface area contributed by atoms with Gasteiger partial charge in [-0.05, 0) is 0 Å². The monoisotopic (exact) mass is 157 g/mol. The van der Waals surface area contributed by atoms with Crippen molar-refractivity contribution < 1.29 is 14.3 Å². The van der Waals surface area contributed by atoms with Gasteiger partial charge in [-0.2, -0.15) is 0 Å². The molecule has 4 nitrogen and oxygen atoms in total. The van der Waals surface area contributed by atoms with E-state index in [1.165, 1.54) is 13.2 Å². The maximum atomic E-state index is 10.7. The predicted molar refractivity (Wildman–Crippen MR) is 39.8 cm³/mol. The molecule has 0 aliphatic carbocycles. The molecule has 0 aromatic heterocycles. The number of hydrogen-bond donors (Lipinski definition) is 1. The lowest BCUT2D eigenvalue weighted by Crippen LogP contribution is -2.25. The number of carbonyl (C=O) groups is 2. The molecule has 0 heterocycles. The van der Waals surface area contributed by atoms with Crippen LogP contribution >= 0.6 is 0 Å². The van der Waals surface area contributed by atoms with Crippen molar-refractivity contribution in [3.63, 3.8) is 0 Å². The van der Waals surface area contributed by atoms with E-state index in [-0.39, 0.29) is 12.3 Å². The van der Waals surface area contributed by atoms with Gasteiger partial charge in [-0.15, -0.1) is 6.58 Å². The van der Waals surface area contributed by atoms with Crippen LogP contribution in [0.2, 0.25) is 0 Å². The Kier molecular flexibility index (Phi) is 4.81. The number of hydrogen-bond acceptors (Lipinski definition) is 3. The third-order valence-corrected chi connectivity index (χ3v) is 0.976. The summed E-state index contributed by atoms with van der Waals surface area (Å²) in [4.78, 5) is 21.2. The molecule has 0 aliphatic rings. The van der Waals surface area contributed by atoms with E-state index < -0.39 is 5.97 Å². The average molecular weight is 157 g/mol. The summed E-state index contributed by atoms with van der Waals surface area (Å²) < 4.78 is 4.28. The zero-order valence-corrected chi connectivity index (χ0v) is 6.42. The number of amides is 1. The van der Waals surface area contributed by atoms with Gasteiger partial charge in [0.15, 0.2) is 0 Å². The average Bonchev–Trinajstić information content (AvgIpc) is 2.00. The molecule has 62 valence electrons. The molecule has 0 unspecified atom stereocenters. The zero-order chi connectivity index (χ0) is 8.69. The summed E-state index contributed by atoms with van der Waals surface area (Å²) in [6.07, 6.45) is 1.31. The van der Waals surface area contributed by atoms with Gasteiger partial charge in [0, 0.05) is 6.54 Å². The third kappa shape index (κ3) is 5.14. The van der Waals surface area contributed by atoms with Crippen molar-refractivity contribution in [3.8, 4) is 0 Å². The smallest absolute Gasteiger partial charge is 0.315 e. The second kappa shape index (κ2) is 5.46. The van der Waals surface area contributed by atoms with Crippen LogP contribution in [-0.4, -0.2) is 25.5 Å². The summed E-state index contributed by atoms with van der Waals surface area (Å²) in [5.41, 5.74) is 0. The number of carbonyl (C=O) groups excluding carboxylic acids is 2. The summed E-state index contributed by atoms with van der Waals surface area (Å²) in [5, 5.41) is 2.44. The van der Waals surface area contributed by atoms with E-state index in [9.17, 15) is 9.59 Å². The summed E-state index contributed by atoms with van der Waals surface area (Å²) in [5.74, 6) is -0.886. The first-order valence-corrected chi connectivity index (χ1v) is 3.15. The first-order chi connectivity index (χ1) is 5.20.